The van der Waals surface area contributed by atoms with Gasteiger partial charge in [0.2, 0.25) is 5.95 Å². The van der Waals surface area contributed by atoms with Crippen LogP contribution in [-0.2, 0) is 16.9 Å². The molecule has 0 aliphatic carbocycles. The molecule has 3 heterocycles. The smallest absolute Gasteiger partial charge is 0.232 e. The van der Waals surface area contributed by atoms with E-state index in [9.17, 15) is 4.39 Å². The molecule has 30 heavy (non-hydrogen) atoms. The number of benzene rings is 1. The van der Waals surface area contributed by atoms with Crippen molar-refractivity contribution >= 4 is 29.0 Å². The molecule has 1 aliphatic rings. The van der Waals surface area contributed by atoms with E-state index < -0.39 is 0 Å². The molecule has 3 aromatic rings. The molecule has 1 aliphatic heterocycles. The molecular weight excluding hydrogens is 421 g/mol. The summed E-state index contributed by atoms with van der Waals surface area (Å²) in [5.41, 5.74) is 1.77. The minimum Gasteiger partial charge on any atom is -0.378 e. The Kier molecular flexibility index (Phi) is 7.01. The number of nitrogens with zero attached hydrogens (tertiary/aromatic N) is 5. The topological polar surface area (TPSA) is 56.1 Å². The van der Waals surface area contributed by atoms with Crippen LogP contribution in [0.1, 0.15) is 31.0 Å². The van der Waals surface area contributed by atoms with Crippen LogP contribution in [0.15, 0.2) is 34.8 Å². The lowest BCUT2D eigenvalue weighted by molar-refractivity contribution is 0.122. The molecule has 1 saturated heterocycles. The van der Waals surface area contributed by atoms with E-state index in [1.807, 2.05) is 10.6 Å². The molecule has 0 atom stereocenters. The average molecular weight is 448 g/mol. The standard InChI is InChI=1S/C21H26FN5OS2/c1-15(2)6-7-19-23-17(13-29-19)14-30-21-25-24-20(26-8-10-28-11-9-26)27(21)18-5-3-4-16(22)12-18/h3-5,12-13,15H,6-11,14H2,1-2H3. The molecule has 0 spiro atoms. The Labute approximate surface area is 184 Å². The summed E-state index contributed by atoms with van der Waals surface area (Å²) < 4.78 is 21.3. The number of aryl methyl sites for hydroxylation is 1. The number of morpholine rings is 1. The summed E-state index contributed by atoms with van der Waals surface area (Å²) in [6, 6.07) is 6.56. The third-order valence-corrected chi connectivity index (χ3v) is 6.78. The van der Waals surface area contributed by atoms with Crippen LogP contribution in [0.5, 0.6) is 0 Å². The van der Waals surface area contributed by atoms with Crippen LogP contribution in [0.2, 0.25) is 0 Å². The van der Waals surface area contributed by atoms with Crippen molar-refractivity contribution in [2.24, 2.45) is 5.92 Å². The lowest BCUT2D eigenvalue weighted by atomic mass is 10.1. The van der Waals surface area contributed by atoms with Crippen molar-refractivity contribution in [3.05, 3.63) is 46.2 Å². The van der Waals surface area contributed by atoms with Crippen molar-refractivity contribution < 1.29 is 9.13 Å². The molecular formula is C21H26FN5OS2. The van der Waals surface area contributed by atoms with Crippen LogP contribution in [0.3, 0.4) is 0 Å². The Bertz CT molecular complexity index is 968. The Morgan fingerprint density at radius 3 is 2.83 bits per heavy atom. The summed E-state index contributed by atoms with van der Waals surface area (Å²) in [7, 11) is 0. The van der Waals surface area contributed by atoms with Gasteiger partial charge >= 0.3 is 0 Å². The minimum atomic E-state index is -0.278. The second kappa shape index (κ2) is 9.89. The predicted molar refractivity (Wildman–Crippen MR) is 119 cm³/mol. The Morgan fingerprint density at radius 1 is 1.23 bits per heavy atom. The largest absolute Gasteiger partial charge is 0.378 e. The Morgan fingerprint density at radius 2 is 2.07 bits per heavy atom. The number of anilines is 1. The van der Waals surface area contributed by atoms with E-state index in [1.165, 1.54) is 17.1 Å². The zero-order valence-electron chi connectivity index (χ0n) is 17.3. The van der Waals surface area contributed by atoms with Crippen molar-refractivity contribution in [3.8, 4) is 5.69 Å². The molecule has 0 unspecified atom stereocenters. The van der Waals surface area contributed by atoms with Crippen molar-refractivity contribution in [3.63, 3.8) is 0 Å². The van der Waals surface area contributed by atoms with Gasteiger partial charge in [-0.1, -0.05) is 31.7 Å². The van der Waals surface area contributed by atoms with Crippen molar-refractivity contribution in [2.75, 3.05) is 31.2 Å². The first kappa shape index (κ1) is 21.3. The number of hydrogen-bond acceptors (Lipinski definition) is 7. The fourth-order valence-electron chi connectivity index (χ4n) is 3.25. The lowest BCUT2D eigenvalue weighted by Crippen LogP contribution is -2.37. The van der Waals surface area contributed by atoms with Gasteiger partial charge in [0.25, 0.3) is 0 Å². The highest BCUT2D eigenvalue weighted by molar-refractivity contribution is 7.98. The van der Waals surface area contributed by atoms with E-state index in [4.69, 9.17) is 9.72 Å². The highest BCUT2D eigenvalue weighted by atomic mass is 32.2. The Balaban J connectivity index is 1.55. The zero-order valence-corrected chi connectivity index (χ0v) is 18.9. The van der Waals surface area contributed by atoms with Crippen LogP contribution in [0, 0.1) is 11.7 Å². The SMILES string of the molecule is CC(C)CCc1nc(CSc2nnc(N3CCOCC3)n2-c2cccc(F)c2)cs1. The van der Waals surface area contributed by atoms with E-state index in [-0.39, 0.29) is 5.82 Å². The first-order chi connectivity index (χ1) is 14.6. The van der Waals surface area contributed by atoms with Crippen LogP contribution in [-0.4, -0.2) is 46.1 Å². The Hall–Kier alpha value is -1.97. The fraction of sp³-hybridized carbons (Fsp3) is 0.476. The third kappa shape index (κ3) is 5.19. The van der Waals surface area contributed by atoms with Crippen LogP contribution in [0.4, 0.5) is 10.3 Å². The van der Waals surface area contributed by atoms with Crippen LogP contribution < -0.4 is 4.90 Å². The van der Waals surface area contributed by atoms with Gasteiger partial charge in [-0.25, -0.2) is 9.37 Å². The summed E-state index contributed by atoms with van der Waals surface area (Å²) in [4.78, 5) is 6.90. The lowest BCUT2D eigenvalue weighted by Gasteiger charge is -2.27. The quantitative estimate of drug-likeness (QED) is 0.471. The molecule has 0 saturated carbocycles. The van der Waals surface area contributed by atoms with Gasteiger partial charge in [-0.3, -0.25) is 4.57 Å². The number of thioether (sulfide) groups is 1. The molecule has 160 valence electrons. The number of rotatable bonds is 8. The van der Waals surface area contributed by atoms with E-state index in [2.05, 4.69) is 34.3 Å². The molecule has 0 radical (unpaired) electrons. The summed E-state index contributed by atoms with van der Waals surface area (Å²) in [5, 5.41) is 12.9. The van der Waals surface area contributed by atoms with Gasteiger partial charge in [0.1, 0.15) is 5.82 Å². The van der Waals surface area contributed by atoms with Crippen molar-refractivity contribution in [1.29, 1.82) is 0 Å². The monoisotopic (exact) mass is 447 g/mol. The van der Waals surface area contributed by atoms with Crippen molar-refractivity contribution in [2.45, 2.75) is 37.6 Å². The summed E-state index contributed by atoms with van der Waals surface area (Å²) in [6.45, 7) is 7.24. The van der Waals surface area contributed by atoms with Gasteiger partial charge in [0, 0.05) is 24.2 Å². The summed E-state index contributed by atoms with van der Waals surface area (Å²) in [5.74, 6) is 1.83. The average Bonchev–Trinajstić information content (AvgIpc) is 3.38. The zero-order chi connectivity index (χ0) is 20.9. The molecule has 0 N–H and O–H groups in total. The van der Waals surface area contributed by atoms with E-state index in [0.29, 0.717) is 24.9 Å². The molecule has 2 aromatic heterocycles. The molecule has 9 heteroatoms. The van der Waals surface area contributed by atoms with Crippen LogP contribution >= 0.6 is 23.1 Å². The molecule has 0 bridgehead atoms. The van der Waals surface area contributed by atoms with Gasteiger partial charge < -0.3 is 9.64 Å². The van der Waals surface area contributed by atoms with Crippen molar-refractivity contribution in [1.82, 2.24) is 19.7 Å². The second-order valence-corrected chi connectivity index (χ2v) is 9.54. The van der Waals surface area contributed by atoms with Gasteiger partial charge in [-0.15, -0.1) is 21.5 Å². The van der Waals surface area contributed by atoms with Crippen LogP contribution in [0.25, 0.3) is 5.69 Å². The number of ether oxygens (including phenoxy) is 1. The van der Waals surface area contributed by atoms with E-state index in [0.717, 1.165) is 48.4 Å². The molecule has 1 fully saturated rings. The van der Waals surface area contributed by atoms with E-state index >= 15 is 0 Å². The number of aromatic nitrogens is 4. The number of thiazole rings is 1. The van der Waals surface area contributed by atoms with E-state index in [1.54, 1.807) is 29.2 Å². The highest BCUT2D eigenvalue weighted by Gasteiger charge is 2.22. The predicted octanol–water partition coefficient (Wildman–Crippen LogP) is 4.58. The molecule has 4 rings (SSSR count). The maximum atomic E-state index is 13.9. The number of hydrogen-bond donors (Lipinski definition) is 0. The third-order valence-electron chi connectivity index (χ3n) is 4.86. The fourth-order valence-corrected chi connectivity index (χ4v) is 5.00. The maximum Gasteiger partial charge on any atom is 0.232 e. The molecule has 0 amide bonds. The molecule has 6 nitrogen and oxygen atoms in total. The first-order valence-corrected chi connectivity index (χ1v) is 12.1. The normalized spacial score (nSPS) is 14.6. The van der Waals surface area contributed by atoms with Gasteiger partial charge in [-0.2, -0.15) is 0 Å². The van der Waals surface area contributed by atoms with Gasteiger partial charge in [0.05, 0.1) is 29.6 Å². The summed E-state index contributed by atoms with van der Waals surface area (Å²) >= 11 is 3.29. The highest BCUT2D eigenvalue weighted by Crippen LogP contribution is 2.30. The minimum absolute atomic E-state index is 0.278. The maximum absolute atomic E-state index is 13.9. The number of halogens is 1. The first-order valence-electron chi connectivity index (χ1n) is 10.2. The van der Waals surface area contributed by atoms with Gasteiger partial charge in [-0.05, 0) is 37.0 Å². The summed E-state index contributed by atoms with van der Waals surface area (Å²) in [6.07, 6.45) is 2.17. The molecule has 1 aromatic carbocycles. The van der Waals surface area contributed by atoms with Gasteiger partial charge in [0.15, 0.2) is 5.16 Å². The second-order valence-electron chi connectivity index (χ2n) is 7.65.